The summed E-state index contributed by atoms with van der Waals surface area (Å²) in [6.07, 6.45) is 0. The monoisotopic (exact) mass is 310 g/mol. The molecule has 0 unspecified atom stereocenters. The minimum atomic E-state index is -0.0797. The van der Waals surface area contributed by atoms with Gasteiger partial charge in [-0.05, 0) is 62.7 Å². The van der Waals surface area contributed by atoms with Crippen molar-refractivity contribution in [2.75, 3.05) is 23.3 Å². The van der Waals surface area contributed by atoms with Crippen LogP contribution in [0.1, 0.15) is 29.8 Å². The Labute approximate surface area is 137 Å². The molecule has 0 spiro atoms. The maximum atomic E-state index is 12.2. The van der Waals surface area contributed by atoms with Crippen LogP contribution < -0.4 is 10.2 Å². The van der Waals surface area contributed by atoms with Crippen LogP contribution in [0.15, 0.2) is 48.5 Å². The van der Waals surface area contributed by atoms with Gasteiger partial charge in [-0.25, -0.2) is 0 Å². The molecule has 4 heteroatoms. The Morgan fingerprint density at radius 1 is 1.09 bits per heavy atom. The van der Waals surface area contributed by atoms with E-state index in [1.807, 2.05) is 36.9 Å². The van der Waals surface area contributed by atoms with Gasteiger partial charge in [0.2, 0.25) is 5.91 Å². The van der Waals surface area contributed by atoms with E-state index in [1.165, 1.54) is 12.5 Å². The van der Waals surface area contributed by atoms with E-state index in [2.05, 4.69) is 11.4 Å². The lowest BCUT2D eigenvalue weighted by Crippen LogP contribution is -2.33. The number of amides is 1. The average Bonchev–Trinajstić information content (AvgIpc) is 2.53. The number of carbonyl (C=O) groups is 2. The first-order valence-electron chi connectivity index (χ1n) is 7.72. The highest BCUT2D eigenvalue weighted by atomic mass is 16.2. The molecule has 0 saturated carbocycles. The number of carbonyl (C=O) groups excluding carboxylic acids is 2. The molecule has 120 valence electrons. The van der Waals surface area contributed by atoms with Crippen molar-refractivity contribution >= 4 is 23.1 Å². The molecular formula is C19H22N2O2. The summed E-state index contributed by atoms with van der Waals surface area (Å²) in [7, 11) is 0. The van der Waals surface area contributed by atoms with Crippen LogP contribution >= 0.6 is 0 Å². The standard InChI is InChI=1S/C19H22N2O2/c1-4-21(18-7-5-6-14(2)12-18)13-19(23)20-17-10-8-16(9-11-17)15(3)22/h5-12H,4,13H2,1-3H3,(H,20,23). The zero-order valence-electron chi connectivity index (χ0n) is 13.8. The van der Waals surface area contributed by atoms with Gasteiger partial charge in [0.05, 0.1) is 6.54 Å². The van der Waals surface area contributed by atoms with Crippen LogP contribution in [0, 0.1) is 6.92 Å². The quantitative estimate of drug-likeness (QED) is 0.828. The van der Waals surface area contributed by atoms with E-state index in [1.54, 1.807) is 24.3 Å². The van der Waals surface area contributed by atoms with Gasteiger partial charge in [0.25, 0.3) is 0 Å². The summed E-state index contributed by atoms with van der Waals surface area (Å²) in [4.78, 5) is 25.5. The Morgan fingerprint density at radius 2 is 1.78 bits per heavy atom. The van der Waals surface area contributed by atoms with Gasteiger partial charge < -0.3 is 10.2 Å². The van der Waals surface area contributed by atoms with Gasteiger partial charge >= 0.3 is 0 Å². The summed E-state index contributed by atoms with van der Waals surface area (Å²) in [6, 6.07) is 15.0. The van der Waals surface area contributed by atoms with Crippen LogP contribution in [0.3, 0.4) is 0 Å². The first-order chi connectivity index (χ1) is 11.0. The average molecular weight is 310 g/mol. The summed E-state index contributed by atoms with van der Waals surface area (Å²) in [6.45, 7) is 6.62. The molecule has 0 saturated heterocycles. The van der Waals surface area contributed by atoms with Crippen molar-refractivity contribution in [3.05, 3.63) is 59.7 Å². The molecule has 0 aliphatic carbocycles. The fourth-order valence-electron chi connectivity index (χ4n) is 2.37. The first-order valence-corrected chi connectivity index (χ1v) is 7.72. The fourth-order valence-corrected chi connectivity index (χ4v) is 2.37. The van der Waals surface area contributed by atoms with Crippen molar-refractivity contribution in [1.82, 2.24) is 0 Å². The SMILES string of the molecule is CCN(CC(=O)Nc1ccc(C(C)=O)cc1)c1cccc(C)c1. The molecule has 2 aromatic rings. The number of hydrogen-bond donors (Lipinski definition) is 1. The highest BCUT2D eigenvalue weighted by Crippen LogP contribution is 2.16. The number of hydrogen-bond acceptors (Lipinski definition) is 3. The zero-order chi connectivity index (χ0) is 16.8. The van der Waals surface area contributed by atoms with Gasteiger partial charge in [0.15, 0.2) is 5.78 Å². The number of anilines is 2. The van der Waals surface area contributed by atoms with Gasteiger partial charge in [-0.3, -0.25) is 9.59 Å². The second kappa shape index (κ2) is 7.58. The molecule has 2 rings (SSSR count). The topological polar surface area (TPSA) is 49.4 Å². The van der Waals surface area contributed by atoms with Crippen LogP contribution in [0.5, 0.6) is 0 Å². The van der Waals surface area contributed by atoms with Crippen LogP contribution in [-0.2, 0) is 4.79 Å². The molecular weight excluding hydrogens is 288 g/mol. The highest BCUT2D eigenvalue weighted by molar-refractivity contribution is 5.96. The van der Waals surface area contributed by atoms with Gasteiger partial charge in [0.1, 0.15) is 0 Å². The summed E-state index contributed by atoms with van der Waals surface area (Å²) >= 11 is 0. The van der Waals surface area contributed by atoms with Crippen molar-refractivity contribution in [1.29, 1.82) is 0 Å². The summed E-state index contributed by atoms with van der Waals surface area (Å²) < 4.78 is 0. The Balaban J connectivity index is 2.01. The maximum absolute atomic E-state index is 12.2. The van der Waals surface area contributed by atoms with Crippen molar-refractivity contribution in [3.8, 4) is 0 Å². The molecule has 0 aliphatic heterocycles. The lowest BCUT2D eigenvalue weighted by Gasteiger charge is -2.23. The lowest BCUT2D eigenvalue weighted by atomic mass is 10.1. The van der Waals surface area contributed by atoms with E-state index < -0.39 is 0 Å². The molecule has 0 bridgehead atoms. The molecule has 0 fully saturated rings. The minimum absolute atomic E-state index is 0.0134. The molecule has 0 aliphatic rings. The summed E-state index contributed by atoms with van der Waals surface area (Å²) in [5, 5.41) is 2.87. The number of Topliss-reactive ketones (excluding diaryl/α,β-unsaturated/α-hetero) is 1. The van der Waals surface area contributed by atoms with Gasteiger partial charge in [-0.15, -0.1) is 0 Å². The van der Waals surface area contributed by atoms with Gasteiger partial charge in [0, 0.05) is 23.5 Å². The van der Waals surface area contributed by atoms with Crippen LogP contribution in [0.4, 0.5) is 11.4 Å². The Bertz CT molecular complexity index is 693. The lowest BCUT2D eigenvalue weighted by molar-refractivity contribution is -0.115. The largest absolute Gasteiger partial charge is 0.362 e. The number of ketones is 1. The van der Waals surface area contributed by atoms with Crippen molar-refractivity contribution in [2.24, 2.45) is 0 Å². The highest BCUT2D eigenvalue weighted by Gasteiger charge is 2.10. The number of likely N-dealkylation sites (N-methyl/N-ethyl adjacent to an activating group) is 1. The van der Waals surface area contributed by atoms with Crippen molar-refractivity contribution < 1.29 is 9.59 Å². The molecule has 1 amide bonds. The van der Waals surface area contributed by atoms with Crippen LogP contribution in [0.2, 0.25) is 0 Å². The number of nitrogens with zero attached hydrogens (tertiary/aromatic N) is 1. The fraction of sp³-hybridized carbons (Fsp3) is 0.263. The van der Waals surface area contributed by atoms with E-state index in [-0.39, 0.29) is 18.2 Å². The number of benzene rings is 2. The second-order valence-electron chi connectivity index (χ2n) is 5.53. The van der Waals surface area contributed by atoms with Gasteiger partial charge in [-0.2, -0.15) is 0 Å². The molecule has 23 heavy (non-hydrogen) atoms. The smallest absolute Gasteiger partial charge is 0.243 e. The molecule has 2 aromatic carbocycles. The third-order valence-corrected chi connectivity index (χ3v) is 3.66. The van der Waals surface area contributed by atoms with Crippen LogP contribution in [-0.4, -0.2) is 24.8 Å². The third-order valence-electron chi connectivity index (χ3n) is 3.66. The van der Waals surface area contributed by atoms with E-state index in [0.717, 1.165) is 12.2 Å². The second-order valence-corrected chi connectivity index (χ2v) is 5.53. The predicted molar refractivity (Wildman–Crippen MR) is 94.1 cm³/mol. The van der Waals surface area contributed by atoms with Crippen molar-refractivity contribution in [3.63, 3.8) is 0 Å². The molecule has 0 aromatic heterocycles. The van der Waals surface area contributed by atoms with E-state index in [9.17, 15) is 9.59 Å². The molecule has 0 heterocycles. The molecule has 0 atom stereocenters. The third kappa shape index (κ3) is 4.68. The van der Waals surface area contributed by atoms with Gasteiger partial charge in [-0.1, -0.05) is 12.1 Å². The maximum Gasteiger partial charge on any atom is 0.243 e. The minimum Gasteiger partial charge on any atom is -0.362 e. The molecule has 4 nitrogen and oxygen atoms in total. The molecule has 1 N–H and O–H groups in total. The number of nitrogens with one attached hydrogen (secondary N) is 1. The number of aryl methyl sites for hydroxylation is 1. The summed E-state index contributed by atoms with van der Waals surface area (Å²) in [5.41, 5.74) is 3.54. The zero-order valence-corrected chi connectivity index (χ0v) is 13.8. The Hall–Kier alpha value is -2.62. The van der Waals surface area contributed by atoms with Crippen molar-refractivity contribution in [2.45, 2.75) is 20.8 Å². The Kier molecular flexibility index (Phi) is 5.52. The first kappa shape index (κ1) is 16.7. The van der Waals surface area contributed by atoms with E-state index in [4.69, 9.17) is 0 Å². The van der Waals surface area contributed by atoms with E-state index in [0.29, 0.717) is 11.3 Å². The normalized spacial score (nSPS) is 10.2. The van der Waals surface area contributed by atoms with E-state index >= 15 is 0 Å². The molecule has 0 radical (unpaired) electrons. The van der Waals surface area contributed by atoms with Crippen LogP contribution in [0.25, 0.3) is 0 Å². The number of rotatable bonds is 6. The summed E-state index contributed by atoms with van der Waals surface area (Å²) in [5.74, 6) is -0.0663. The Morgan fingerprint density at radius 3 is 2.35 bits per heavy atom. The predicted octanol–water partition coefficient (Wildman–Crippen LogP) is 3.66.